The topological polar surface area (TPSA) is 49.7 Å². The highest BCUT2D eigenvalue weighted by Gasteiger charge is 2.71. The van der Waals surface area contributed by atoms with Gasteiger partial charge in [0.15, 0.2) is 0 Å². The summed E-state index contributed by atoms with van der Waals surface area (Å²) < 4.78 is 6.86. The second kappa shape index (κ2) is 7.22. The first-order valence-electron chi connectivity index (χ1n) is 14.2. The standard InChI is InChI=1S/C30H52O3/c1-25(2)13-9-14-30(8,33-25)19-10-16-29(7)24(19)20(31)18-22-27(5)15-12-23(32)26(3,4)21(27)11-17-28(22,29)6/h19-24,31-32H,9-18H2,1-8H3/t19?,20-,21?,22-,23+,24?,27+,28-,29-,30+/m1/s1. The maximum atomic E-state index is 11.9. The molecule has 10 atom stereocenters. The van der Waals surface area contributed by atoms with E-state index in [-0.39, 0.29) is 45.1 Å². The lowest BCUT2D eigenvalue weighted by Gasteiger charge is -2.70. The molecule has 3 heteroatoms. The van der Waals surface area contributed by atoms with Crippen LogP contribution in [0.2, 0.25) is 0 Å². The summed E-state index contributed by atoms with van der Waals surface area (Å²) in [6.07, 6.45) is 10.9. The Bertz CT molecular complexity index is 789. The third-order valence-corrected chi connectivity index (χ3v) is 13.1. The summed E-state index contributed by atoms with van der Waals surface area (Å²) in [7, 11) is 0. The number of aliphatic hydroxyl groups excluding tert-OH is 2. The molecule has 4 aliphatic carbocycles. The van der Waals surface area contributed by atoms with E-state index < -0.39 is 0 Å². The first-order chi connectivity index (χ1) is 15.1. The fourth-order valence-corrected chi connectivity index (χ4v) is 11.3. The van der Waals surface area contributed by atoms with Crippen LogP contribution in [0.1, 0.15) is 120 Å². The molecule has 1 aliphatic heterocycles. The van der Waals surface area contributed by atoms with E-state index in [1.807, 2.05) is 0 Å². The van der Waals surface area contributed by atoms with Crippen LogP contribution in [0, 0.1) is 45.3 Å². The third kappa shape index (κ3) is 3.16. The molecule has 1 heterocycles. The molecule has 5 aliphatic rings. The van der Waals surface area contributed by atoms with Crippen LogP contribution in [-0.2, 0) is 4.74 Å². The minimum Gasteiger partial charge on any atom is -0.393 e. The van der Waals surface area contributed by atoms with Crippen LogP contribution in [0.5, 0.6) is 0 Å². The Labute approximate surface area is 203 Å². The molecule has 0 aromatic carbocycles. The van der Waals surface area contributed by atoms with E-state index in [9.17, 15) is 10.2 Å². The molecular weight excluding hydrogens is 408 g/mol. The van der Waals surface area contributed by atoms with Crippen LogP contribution in [0.4, 0.5) is 0 Å². The summed E-state index contributed by atoms with van der Waals surface area (Å²) in [6, 6.07) is 0. The summed E-state index contributed by atoms with van der Waals surface area (Å²) >= 11 is 0. The lowest BCUT2D eigenvalue weighted by atomic mass is 9.35. The van der Waals surface area contributed by atoms with Crippen molar-refractivity contribution in [1.82, 2.24) is 0 Å². The van der Waals surface area contributed by atoms with Gasteiger partial charge in [-0.3, -0.25) is 0 Å². The van der Waals surface area contributed by atoms with Gasteiger partial charge >= 0.3 is 0 Å². The summed E-state index contributed by atoms with van der Waals surface area (Å²) in [5, 5.41) is 22.8. The maximum Gasteiger partial charge on any atom is 0.0693 e. The number of hydrogen-bond donors (Lipinski definition) is 2. The van der Waals surface area contributed by atoms with Crippen LogP contribution in [0.25, 0.3) is 0 Å². The van der Waals surface area contributed by atoms with Gasteiger partial charge in [0.25, 0.3) is 0 Å². The number of hydrogen-bond acceptors (Lipinski definition) is 3. The van der Waals surface area contributed by atoms with Crippen molar-refractivity contribution in [2.24, 2.45) is 45.3 Å². The van der Waals surface area contributed by atoms with Crippen LogP contribution in [0.3, 0.4) is 0 Å². The Morgan fingerprint density at radius 1 is 0.697 bits per heavy atom. The van der Waals surface area contributed by atoms with Gasteiger partial charge in [0.2, 0.25) is 0 Å². The van der Waals surface area contributed by atoms with Crippen molar-refractivity contribution in [2.75, 3.05) is 0 Å². The lowest BCUT2D eigenvalue weighted by molar-refractivity contribution is -0.257. The molecule has 1 saturated heterocycles. The molecule has 33 heavy (non-hydrogen) atoms. The molecule has 0 bridgehead atoms. The number of ether oxygens (including phenoxy) is 1. The minimum atomic E-state index is -0.239. The van der Waals surface area contributed by atoms with E-state index in [0.29, 0.717) is 23.7 Å². The minimum absolute atomic E-state index is 0.0375. The monoisotopic (exact) mass is 460 g/mol. The van der Waals surface area contributed by atoms with Crippen LogP contribution >= 0.6 is 0 Å². The zero-order valence-corrected chi connectivity index (χ0v) is 22.8. The summed E-state index contributed by atoms with van der Waals surface area (Å²) in [6.45, 7) is 19.2. The van der Waals surface area contributed by atoms with Crippen molar-refractivity contribution >= 4 is 0 Å². The molecule has 2 N–H and O–H groups in total. The fraction of sp³-hybridized carbons (Fsp3) is 1.00. The van der Waals surface area contributed by atoms with Crippen LogP contribution in [-0.4, -0.2) is 33.6 Å². The van der Waals surface area contributed by atoms with Gasteiger partial charge in [-0.05, 0) is 130 Å². The van der Waals surface area contributed by atoms with Crippen molar-refractivity contribution in [1.29, 1.82) is 0 Å². The highest BCUT2D eigenvalue weighted by atomic mass is 16.5. The van der Waals surface area contributed by atoms with Crippen molar-refractivity contribution in [2.45, 2.75) is 143 Å². The highest BCUT2D eigenvalue weighted by Crippen LogP contribution is 2.76. The summed E-state index contributed by atoms with van der Waals surface area (Å²) in [5.74, 6) is 1.85. The van der Waals surface area contributed by atoms with E-state index in [1.165, 1.54) is 32.1 Å². The van der Waals surface area contributed by atoms with Gasteiger partial charge < -0.3 is 14.9 Å². The number of aliphatic hydroxyl groups is 2. The summed E-state index contributed by atoms with van der Waals surface area (Å²) in [5.41, 5.74) is 0.392. The molecule has 3 nitrogen and oxygen atoms in total. The first-order valence-corrected chi connectivity index (χ1v) is 14.2. The Kier molecular flexibility index (Phi) is 5.38. The van der Waals surface area contributed by atoms with Crippen LogP contribution < -0.4 is 0 Å². The maximum absolute atomic E-state index is 11.9. The summed E-state index contributed by atoms with van der Waals surface area (Å²) in [4.78, 5) is 0. The number of rotatable bonds is 1. The van der Waals surface area contributed by atoms with Gasteiger partial charge in [-0.25, -0.2) is 0 Å². The molecule has 3 unspecified atom stereocenters. The van der Waals surface area contributed by atoms with E-state index >= 15 is 0 Å². The molecule has 0 aromatic rings. The quantitative estimate of drug-likeness (QED) is 0.455. The van der Waals surface area contributed by atoms with Crippen LogP contribution in [0.15, 0.2) is 0 Å². The predicted molar refractivity (Wildman–Crippen MR) is 134 cm³/mol. The molecule has 0 amide bonds. The van der Waals surface area contributed by atoms with E-state index in [0.717, 1.165) is 32.1 Å². The Balaban J connectivity index is 1.51. The Morgan fingerprint density at radius 3 is 2.03 bits per heavy atom. The van der Waals surface area contributed by atoms with Gasteiger partial charge in [0.05, 0.1) is 23.4 Å². The molecule has 5 fully saturated rings. The number of fused-ring (bicyclic) bond motifs is 5. The molecular formula is C30H52O3. The average molecular weight is 461 g/mol. The van der Waals surface area contributed by atoms with Gasteiger partial charge in [-0.2, -0.15) is 0 Å². The van der Waals surface area contributed by atoms with E-state index in [1.54, 1.807) is 0 Å². The molecule has 5 rings (SSSR count). The van der Waals surface area contributed by atoms with Crippen molar-refractivity contribution in [3.8, 4) is 0 Å². The largest absolute Gasteiger partial charge is 0.393 e. The highest BCUT2D eigenvalue weighted by molar-refractivity contribution is 5.20. The van der Waals surface area contributed by atoms with E-state index in [4.69, 9.17) is 4.74 Å². The van der Waals surface area contributed by atoms with Gasteiger partial charge in [0.1, 0.15) is 0 Å². The molecule has 4 saturated carbocycles. The average Bonchev–Trinajstić information content (AvgIpc) is 3.07. The van der Waals surface area contributed by atoms with E-state index in [2.05, 4.69) is 55.4 Å². The van der Waals surface area contributed by atoms with Crippen molar-refractivity contribution < 1.29 is 14.9 Å². The SMILES string of the molecule is CC1(C)CCC[C@@](C)(C2CC[C@]3(C)C2[C@H](O)C[C@@H]2[C@@]4(C)CC[C@H](O)C(C)(C)C4CC[C@]23C)O1. The molecule has 190 valence electrons. The van der Waals surface area contributed by atoms with Gasteiger partial charge in [-0.15, -0.1) is 0 Å². The zero-order valence-electron chi connectivity index (χ0n) is 22.8. The molecule has 0 aromatic heterocycles. The predicted octanol–water partition coefficient (Wildman–Crippen LogP) is 6.74. The normalized spacial score (nSPS) is 57.6. The van der Waals surface area contributed by atoms with Gasteiger partial charge in [0, 0.05) is 0 Å². The third-order valence-electron chi connectivity index (χ3n) is 13.1. The first kappa shape index (κ1) is 24.6. The second-order valence-corrected chi connectivity index (χ2v) is 15.4. The van der Waals surface area contributed by atoms with Crippen molar-refractivity contribution in [3.05, 3.63) is 0 Å². The van der Waals surface area contributed by atoms with Crippen molar-refractivity contribution in [3.63, 3.8) is 0 Å². The zero-order chi connectivity index (χ0) is 24.2. The molecule has 0 spiro atoms. The lowest BCUT2D eigenvalue weighted by Crippen LogP contribution is -2.66. The Morgan fingerprint density at radius 2 is 1.36 bits per heavy atom. The smallest absolute Gasteiger partial charge is 0.0693 e. The molecule has 0 radical (unpaired) electrons. The Hall–Kier alpha value is -0.120. The second-order valence-electron chi connectivity index (χ2n) is 15.4. The van der Waals surface area contributed by atoms with Gasteiger partial charge in [-0.1, -0.05) is 34.6 Å². The fourth-order valence-electron chi connectivity index (χ4n) is 11.3.